The molecule has 33 heavy (non-hydrogen) atoms. The van der Waals surface area contributed by atoms with Gasteiger partial charge in [0.2, 0.25) is 0 Å². The van der Waals surface area contributed by atoms with Gasteiger partial charge in [0.05, 0.1) is 0 Å². The number of likely N-dealkylation sites (tertiary alicyclic amines) is 2. The minimum absolute atomic E-state index is 0.932. The topological polar surface area (TPSA) is 6.48 Å². The molecule has 0 N–H and O–H groups in total. The van der Waals surface area contributed by atoms with Crippen molar-refractivity contribution in [3.63, 3.8) is 0 Å². The van der Waals surface area contributed by atoms with Gasteiger partial charge in [-0.15, -0.1) is 0 Å². The first-order valence-corrected chi connectivity index (χ1v) is 13.1. The van der Waals surface area contributed by atoms with Crippen LogP contribution in [0.5, 0.6) is 0 Å². The van der Waals surface area contributed by atoms with Crippen molar-refractivity contribution in [3.05, 3.63) is 83.2 Å². The largest absolute Gasteiger partial charge is 0.375 e. The van der Waals surface area contributed by atoms with Crippen LogP contribution in [0.3, 0.4) is 0 Å². The van der Waals surface area contributed by atoms with Crippen LogP contribution in [-0.4, -0.2) is 36.0 Å². The molecule has 2 saturated heterocycles. The van der Waals surface area contributed by atoms with E-state index in [1.54, 1.807) is 0 Å². The van der Waals surface area contributed by atoms with E-state index in [0.29, 0.717) is 0 Å². The number of hydrogen-bond acceptors (Lipinski definition) is 2. The summed E-state index contributed by atoms with van der Waals surface area (Å²) in [6.45, 7) is 9.46. The predicted octanol–water partition coefficient (Wildman–Crippen LogP) is 7.70. The van der Waals surface area contributed by atoms with Crippen LogP contribution in [0.2, 0.25) is 0 Å². The predicted molar refractivity (Wildman–Crippen MR) is 143 cm³/mol. The van der Waals surface area contributed by atoms with Crippen molar-refractivity contribution in [1.29, 1.82) is 0 Å². The molecule has 2 aliphatic rings. The number of allylic oxidation sites excluding steroid dienone is 2. The summed E-state index contributed by atoms with van der Waals surface area (Å²) in [4.78, 5) is 5.18. The monoisotopic (exact) mass is 442 g/mol. The number of rotatable bonds is 8. The first-order chi connectivity index (χ1) is 16.2. The number of benzene rings is 2. The van der Waals surface area contributed by atoms with Crippen LogP contribution in [0, 0.1) is 11.8 Å². The Kier molecular flexibility index (Phi) is 8.69. The lowest BCUT2D eigenvalue weighted by molar-refractivity contribution is 0.198. The summed E-state index contributed by atoms with van der Waals surface area (Å²) in [6.07, 6.45) is 14.4. The molecule has 2 heterocycles. The molecule has 0 spiro atoms. The molecule has 0 aliphatic carbocycles. The van der Waals surface area contributed by atoms with Crippen LogP contribution in [-0.2, 0) is 0 Å². The van der Waals surface area contributed by atoms with Crippen LogP contribution in [0.15, 0.2) is 72.1 Å². The first-order valence-electron chi connectivity index (χ1n) is 13.1. The van der Waals surface area contributed by atoms with E-state index in [-0.39, 0.29) is 0 Å². The van der Waals surface area contributed by atoms with E-state index >= 15 is 0 Å². The molecule has 0 radical (unpaired) electrons. The summed E-state index contributed by atoms with van der Waals surface area (Å²) in [7, 11) is 0. The van der Waals surface area contributed by atoms with Gasteiger partial charge in [-0.3, -0.25) is 0 Å². The maximum absolute atomic E-state index is 2.59. The second kappa shape index (κ2) is 12.1. The van der Waals surface area contributed by atoms with Gasteiger partial charge >= 0.3 is 0 Å². The van der Waals surface area contributed by atoms with Gasteiger partial charge in [-0.2, -0.15) is 0 Å². The average Bonchev–Trinajstić information content (AvgIpc) is 2.86. The fraction of sp³-hybridized carbons (Fsp3) is 0.484. The Hall–Kier alpha value is -2.48. The fourth-order valence-electron chi connectivity index (χ4n) is 5.61. The van der Waals surface area contributed by atoms with Gasteiger partial charge in [-0.05, 0) is 74.6 Å². The molecule has 2 aromatic carbocycles. The highest BCUT2D eigenvalue weighted by atomic mass is 15.1. The molecule has 0 bridgehead atoms. The summed E-state index contributed by atoms with van der Waals surface area (Å²) in [5, 5.41) is 0. The van der Waals surface area contributed by atoms with Gasteiger partial charge in [0.25, 0.3) is 0 Å². The van der Waals surface area contributed by atoms with Crippen LogP contribution >= 0.6 is 0 Å². The van der Waals surface area contributed by atoms with Gasteiger partial charge < -0.3 is 9.80 Å². The normalized spacial score (nSPS) is 19.2. The first kappa shape index (κ1) is 23.7. The van der Waals surface area contributed by atoms with E-state index in [2.05, 4.69) is 96.5 Å². The third kappa shape index (κ3) is 7.25. The average molecular weight is 443 g/mol. The molecule has 0 amide bonds. The maximum atomic E-state index is 2.59. The number of nitrogens with zero attached hydrogens (tertiary/aromatic N) is 2. The van der Waals surface area contributed by atoms with Crippen LogP contribution < -0.4 is 0 Å². The molecule has 0 saturated carbocycles. The van der Waals surface area contributed by atoms with Crippen LogP contribution in [0.4, 0.5) is 0 Å². The highest BCUT2D eigenvalue weighted by molar-refractivity contribution is 5.52. The summed E-state index contributed by atoms with van der Waals surface area (Å²) in [6, 6.07) is 21.5. The Bertz CT molecular complexity index is 808. The molecule has 0 aromatic heterocycles. The van der Waals surface area contributed by atoms with Crippen molar-refractivity contribution in [2.24, 2.45) is 11.8 Å². The molecule has 0 atom stereocenters. The summed E-state index contributed by atoms with van der Waals surface area (Å²) in [5.74, 6) is 1.86. The molecule has 2 aromatic rings. The zero-order chi connectivity index (χ0) is 22.9. The van der Waals surface area contributed by atoms with E-state index < -0.39 is 0 Å². The number of piperidine rings is 2. The quantitative estimate of drug-likeness (QED) is 0.413. The maximum Gasteiger partial charge on any atom is 0.0177 e. The van der Waals surface area contributed by atoms with Crippen molar-refractivity contribution in [2.45, 2.75) is 58.8 Å². The molecule has 2 aliphatic heterocycles. The minimum Gasteiger partial charge on any atom is -0.375 e. The molecule has 2 fully saturated rings. The van der Waals surface area contributed by atoms with Gasteiger partial charge in [0.15, 0.2) is 0 Å². The summed E-state index contributed by atoms with van der Waals surface area (Å²) >= 11 is 0. The lowest BCUT2D eigenvalue weighted by Gasteiger charge is -2.35. The van der Waals surface area contributed by atoms with E-state index in [4.69, 9.17) is 0 Å². The van der Waals surface area contributed by atoms with E-state index in [0.717, 1.165) is 11.8 Å². The van der Waals surface area contributed by atoms with E-state index in [1.807, 2.05) is 0 Å². The van der Waals surface area contributed by atoms with Gasteiger partial charge in [0, 0.05) is 37.6 Å². The Morgan fingerprint density at radius 2 is 1.00 bits per heavy atom. The highest BCUT2D eigenvalue weighted by Crippen LogP contribution is 2.29. The van der Waals surface area contributed by atoms with Gasteiger partial charge in [0.1, 0.15) is 0 Å². The standard InChI is InChI=1S/C31H42N2/c1-26(24-30-10-5-3-6-11-30)32-20-16-28(17-21-32)14-9-15-29-18-22-33(23-19-29)27(2)25-31-12-7-4-8-13-31/h3-8,10-13,24-25,28-29H,9,14-23H2,1-2H3/b26-24-,27-25-. The Morgan fingerprint density at radius 1 is 0.636 bits per heavy atom. The summed E-state index contributed by atoms with van der Waals surface area (Å²) in [5.41, 5.74) is 5.47. The molecular formula is C31H42N2. The molecule has 2 heteroatoms. The van der Waals surface area contributed by atoms with Crippen molar-refractivity contribution in [1.82, 2.24) is 9.80 Å². The third-order valence-electron chi connectivity index (χ3n) is 7.80. The van der Waals surface area contributed by atoms with Gasteiger partial charge in [-0.1, -0.05) is 79.9 Å². The fourth-order valence-corrected chi connectivity index (χ4v) is 5.61. The van der Waals surface area contributed by atoms with Crippen LogP contribution in [0.25, 0.3) is 12.2 Å². The molecular weight excluding hydrogens is 400 g/mol. The van der Waals surface area contributed by atoms with E-state index in [1.165, 1.54) is 93.6 Å². The summed E-state index contributed by atoms with van der Waals surface area (Å²) < 4.78 is 0. The molecule has 4 rings (SSSR count). The number of hydrogen-bond donors (Lipinski definition) is 0. The lowest BCUT2D eigenvalue weighted by atomic mass is 9.86. The SMILES string of the molecule is C/C(=C/c1ccccc1)N1CCC(CCCC2CCN(/C(C)=C\c3ccccc3)CC2)CC1. The van der Waals surface area contributed by atoms with E-state index in [9.17, 15) is 0 Å². The Labute approximate surface area is 202 Å². The smallest absolute Gasteiger partial charge is 0.0177 e. The molecule has 2 nitrogen and oxygen atoms in total. The van der Waals surface area contributed by atoms with Crippen molar-refractivity contribution >= 4 is 12.2 Å². The second-order valence-corrected chi connectivity index (χ2v) is 10.2. The Morgan fingerprint density at radius 3 is 1.36 bits per heavy atom. The second-order valence-electron chi connectivity index (χ2n) is 10.2. The highest BCUT2D eigenvalue weighted by Gasteiger charge is 2.22. The van der Waals surface area contributed by atoms with Crippen LogP contribution in [0.1, 0.15) is 69.9 Å². The van der Waals surface area contributed by atoms with Gasteiger partial charge in [-0.25, -0.2) is 0 Å². The minimum atomic E-state index is 0.932. The van der Waals surface area contributed by atoms with Crippen molar-refractivity contribution < 1.29 is 0 Å². The Balaban J connectivity index is 1.12. The molecule has 176 valence electrons. The lowest BCUT2D eigenvalue weighted by Crippen LogP contribution is -2.33. The third-order valence-corrected chi connectivity index (χ3v) is 7.80. The zero-order valence-electron chi connectivity index (χ0n) is 20.8. The van der Waals surface area contributed by atoms with Crippen molar-refractivity contribution in [3.8, 4) is 0 Å². The molecule has 0 unspecified atom stereocenters. The van der Waals surface area contributed by atoms with Crippen molar-refractivity contribution in [2.75, 3.05) is 26.2 Å². The zero-order valence-corrected chi connectivity index (χ0v) is 20.8.